The highest BCUT2D eigenvalue weighted by Gasteiger charge is 2.27. The molecule has 0 saturated heterocycles. The number of carbonyl (C=O) groups excluding carboxylic acids is 1. The second kappa shape index (κ2) is 7.20. The van der Waals surface area contributed by atoms with Gasteiger partial charge < -0.3 is 10.5 Å². The molecule has 1 heterocycles. The lowest BCUT2D eigenvalue weighted by Crippen LogP contribution is -2.24. The van der Waals surface area contributed by atoms with Crippen LogP contribution in [0.3, 0.4) is 0 Å². The van der Waals surface area contributed by atoms with Gasteiger partial charge in [0.15, 0.2) is 0 Å². The minimum atomic E-state index is -0.172. The maximum absolute atomic E-state index is 11.6. The van der Waals surface area contributed by atoms with Crippen molar-refractivity contribution in [2.24, 2.45) is 11.1 Å². The first-order valence-electron chi connectivity index (χ1n) is 6.11. The molecule has 1 aromatic rings. The van der Waals surface area contributed by atoms with Gasteiger partial charge in [0.1, 0.15) is 0 Å². The van der Waals surface area contributed by atoms with Crippen molar-refractivity contribution in [3.63, 3.8) is 0 Å². The molecule has 0 aliphatic rings. The average Bonchev–Trinajstić information content (AvgIpc) is 2.58. The summed E-state index contributed by atoms with van der Waals surface area (Å²) in [5, 5.41) is 0. The fraction of sp³-hybridized carbons (Fsp3) is 0.615. The van der Waals surface area contributed by atoms with E-state index in [9.17, 15) is 4.79 Å². The molecule has 3 nitrogen and oxygen atoms in total. The molecule has 0 aromatic carbocycles. The molecule has 108 valence electrons. The Balaban J connectivity index is 2.64. The fourth-order valence-electron chi connectivity index (χ4n) is 1.92. The summed E-state index contributed by atoms with van der Waals surface area (Å²) >= 11 is 8.55. The Morgan fingerprint density at radius 3 is 2.63 bits per heavy atom. The van der Waals surface area contributed by atoms with Crippen LogP contribution >= 0.6 is 43.2 Å². The van der Waals surface area contributed by atoms with Gasteiger partial charge in [0.05, 0.1) is 16.8 Å². The summed E-state index contributed by atoms with van der Waals surface area (Å²) in [6, 6.07) is 1.96. The summed E-state index contributed by atoms with van der Waals surface area (Å²) in [4.78, 5) is 12.7. The van der Waals surface area contributed by atoms with Crippen molar-refractivity contribution < 1.29 is 9.53 Å². The largest absolute Gasteiger partial charge is 0.466 e. The lowest BCUT2D eigenvalue weighted by atomic mass is 9.82. The van der Waals surface area contributed by atoms with Gasteiger partial charge in [0, 0.05) is 15.4 Å². The van der Waals surface area contributed by atoms with E-state index in [1.165, 1.54) is 0 Å². The quantitative estimate of drug-likeness (QED) is 0.692. The van der Waals surface area contributed by atoms with E-state index < -0.39 is 0 Å². The Hall–Kier alpha value is 0.0900. The molecule has 0 radical (unpaired) electrons. The van der Waals surface area contributed by atoms with Crippen molar-refractivity contribution in [3.05, 3.63) is 19.2 Å². The van der Waals surface area contributed by atoms with Crippen LogP contribution in [-0.4, -0.2) is 12.6 Å². The van der Waals surface area contributed by atoms with E-state index in [2.05, 4.69) is 31.9 Å². The van der Waals surface area contributed by atoms with Gasteiger partial charge in [-0.25, -0.2) is 0 Å². The zero-order valence-corrected chi connectivity index (χ0v) is 15.3. The Bertz CT molecular complexity index is 426. The lowest BCUT2D eigenvalue weighted by Gasteiger charge is -2.26. The maximum Gasteiger partial charge on any atom is 0.306 e. The Morgan fingerprint density at radius 2 is 2.16 bits per heavy atom. The zero-order valence-electron chi connectivity index (χ0n) is 11.3. The van der Waals surface area contributed by atoms with Crippen molar-refractivity contribution in [2.75, 3.05) is 6.61 Å². The van der Waals surface area contributed by atoms with Gasteiger partial charge in [-0.15, -0.1) is 11.3 Å². The number of hydrogen-bond acceptors (Lipinski definition) is 4. The summed E-state index contributed by atoms with van der Waals surface area (Å²) in [7, 11) is 0. The second-order valence-corrected chi connectivity index (χ2v) is 8.48. The molecule has 0 amide bonds. The summed E-state index contributed by atoms with van der Waals surface area (Å²) in [5.41, 5.74) is 6.06. The monoisotopic (exact) mass is 411 g/mol. The highest BCUT2D eigenvalue weighted by atomic mass is 79.9. The van der Waals surface area contributed by atoms with E-state index in [1.54, 1.807) is 11.3 Å². The zero-order chi connectivity index (χ0) is 14.6. The molecule has 6 heteroatoms. The van der Waals surface area contributed by atoms with Gasteiger partial charge in [-0.1, -0.05) is 13.8 Å². The Kier molecular flexibility index (Phi) is 6.50. The van der Waals surface area contributed by atoms with Crippen LogP contribution in [0.15, 0.2) is 14.3 Å². The van der Waals surface area contributed by atoms with Crippen molar-refractivity contribution in [1.29, 1.82) is 0 Å². The molecule has 1 unspecified atom stereocenters. The highest BCUT2D eigenvalue weighted by molar-refractivity contribution is 9.13. The Morgan fingerprint density at radius 1 is 1.53 bits per heavy atom. The second-order valence-electron chi connectivity index (χ2n) is 5.23. The third-order valence-electron chi connectivity index (χ3n) is 2.73. The first-order chi connectivity index (χ1) is 8.75. The first-order valence-corrected chi connectivity index (χ1v) is 8.51. The number of thiophene rings is 1. The van der Waals surface area contributed by atoms with E-state index in [1.807, 2.05) is 26.8 Å². The van der Waals surface area contributed by atoms with Gasteiger partial charge in [0.2, 0.25) is 0 Å². The number of halogens is 2. The van der Waals surface area contributed by atoms with Crippen molar-refractivity contribution in [3.8, 4) is 0 Å². The number of nitrogens with two attached hydrogens (primary N) is 1. The molecule has 0 aliphatic carbocycles. The number of carbonyl (C=O) groups is 1. The number of rotatable bonds is 6. The molecule has 1 rings (SSSR count). The third-order valence-corrected chi connectivity index (χ3v) is 6.12. The summed E-state index contributed by atoms with van der Waals surface area (Å²) in [6.07, 6.45) is 1.13. The first kappa shape index (κ1) is 17.1. The van der Waals surface area contributed by atoms with E-state index in [-0.39, 0.29) is 17.4 Å². The number of esters is 1. The van der Waals surface area contributed by atoms with Crippen LogP contribution in [0, 0.1) is 5.41 Å². The molecular weight excluding hydrogens is 394 g/mol. The van der Waals surface area contributed by atoms with Gasteiger partial charge in [-0.3, -0.25) is 4.79 Å². The molecule has 19 heavy (non-hydrogen) atoms. The standard InChI is InChI=1S/C13H19Br2NO2S/c1-4-18-11(17)7-13(2,3)6-9(16)10-5-8(14)12(15)19-10/h5,9H,4,6-7,16H2,1-3H3. The maximum atomic E-state index is 11.6. The molecule has 0 fully saturated rings. The average molecular weight is 413 g/mol. The van der Waals surface area contributed by atoms with Gasteiger partial charge in [0.25, 0.3) is 0 Å². The topological polar surface area (TPSA) is 52.3 Å². The van der Waals surface area contributed by atoms with Crippen molar-refractivity contribution in [2.45, 2.75) is 39.7 Å². The SMILES string of the molecule is CCOC(=O)CC(C)(C)CC(N)c1cc(Br)c(Br)s1. The van der Waals surface area contributed by atoms with Crippen LogP contribution in [0.4, 0.5) is 0 Å². The van der Waals surface area contributed by atoms with Crippen molar-refractivity contribution in [1.82, 2.24) is 0 Å². The van der Waals surface area contributed by atoms with Gasteiger partial charge in [-0.05, 0) is 56.7 Å². The normalized spacial score (nSPS) is 13.4. The summed E-state index contributed by atoms with van der Waals surface area (Å²) in [5.74, 6) is -0.159. The molecule has 0 saturated carbocycles. The molecular formula is C13H19Br2NO2S. The molecule has 0 aliphatic heterocycles. The smallest absolute Gasteiger partial charge is 0.306 e. The van der Waals surface area contributed by atoms with Gasteiger partial charge in [-0.2, -0.15) is 0 Å². The number of ether oxygens (including phenoxy) is 1. The number of hydrogen-bond donors (Lipinski definition) is 1. The van der Waals surface area contributed by atoms with Crippen LogP contribution in [0.1, 0.15) is 44.5 Å². The van der Waals surface area contributed by atoms with E-state index in [4.69, 9.17) is 10.5 Å². The molecule has 2 N–H and O–H groups in total. The third kappa shape index (κ3) is 5.53. The van der Waals surface area contributed by atoms with Crippen LogP contribution in [0.25, 0.3) is 0 Å². The molecule has 1 atom stereocenters. The lowest BCUT2D eigenvalue weighted by molar-refractivity contribution is -0.145. The molecule has 0 bridgehead atoms. The molecule has 0 spiro atoms. The predicted octanol–water partition coefficient (Wildman–Crippen LogP) is 4.64. The van der Waals surface area contributed by atoms with Crippen LogP contribution in [-0.2, 0) is 9.53 Å². The highest BCUT2D eigenvalue weighted by Crippen LogP contribution is 2.39. The van der Waals surface area contributed by atoms with Crippen LogP contribution < -0.4 is 5.73 Å². The van der Waals surface area contributed by atoms with E-state index in [0.717, 1.165) is 19.6 Å². The van der Waals surface area contributed by atoms with Crippen LogP contribution in [0.2, 0.25) is 0 Å². The van der Waals surface area contributed by atoms with E-state index >= 15 is 0 Å². The summed E-state index contributed by atoms with van der Waals surface area (Å²) < 4.78 is 7.06. The fourth-order valence-corrected chi connectivity index (χ4v) is 4.01. The molecule has 1 aromatic heterocycles. The van der Waals surface area contributed by atoms with Gasteiger partial charge >= 0.3 is 5.97 Å². The minimum absolute atomic E-state index is 0.0722. The Labute approximate surface area is 135 Å². The summed E-state index contributed by atoms with van der Waals surface area (Å²) in [6.45, 7) is 6.33. The van der Waals surface area contributed by atoms with Crippen molar-refractivity contribution >= 4 is 49.2 Å². The van der Waals surface area contributed by atoms with E-state index in [0.29, 0.717) is 13.0 Å². The predicted molar refractivity (Wildman–Crippen MR) is 86.3 cm³/mol. The van der Waals surface area contributed by atoms with Crippen LogP contribution in [0.5, 0.6) is 0 Å². The minimum Gasteiger partial charge on any atom is -0.466 e.